The Balaban J connectivity index is 2.33. The zero-order valence-electron chi connectivity index (χ0n) is 11.5. The summed E-state index contributed by atoms with van der Waals surface area (Å²) < 4.78 is 39.1. The van der Waals surface area contributed by atoms with Gasteiger partial charge in [0, 0.05) is 11.1 Å². The molecule has 3 aromatic rings. The van der Waals surface area contributed by atoms with Crippen LogP contribution in [0.3, 0.4) is 0 Å². The summed E-state index contributed by atoms with van der Waals surface area (Å²) in [5.74, 6) is -0.777. The van der Waals surface area contributed by atoms with Crippen molar-refractivity contribution < 1.29 is 13.3 Å². The van der Waals surface area contributed by atoms with Crippen molar-refractivity contribution in [3.8, 4) is 22.3 Å². The summed E-state index contributed by atoms with van der Waals surface area (Å²) in [5.41, 5.74) is 2.19. The van der Waals surface area contributed by atoms with Gasteiger partial charge >= 0.3 is 0 Å². The molecule has 108 valence electrons. The van der Waals surface area contributed by atoms with Crippen LogP contribution in [0.1, 0.15) is 0 Å². The van der Waals surface area contributed by atoms with E-state index in [0.717, 1.165) is 0 Å². The van der Waals surface area contributed by atoms with E-state index in [2.05, 4.69) is 0 Å². The molecule has 1 nitrogen and oxygen atoms in total. The maximum atomic E-state index is 14.4. The first-order valence-electron chi connectivity index (χ1n) is 6.68. The fourth-order valence-corrected chi connectivity index (χ4v) is 2.91. The third-order valence-electron chi connectivity index (χ3n) is 3.43. The highest BCUT2D eigenvalue weighted by molar-refractivity contribution is 7.34. The first-order valence-corrected chi connectivity index (χ1v) is 7.49. The smallest absolute Gasteiger partial charge is 0.192 e. The van der Waals surface area contributed by atoms with Crippen LogP contribution in [0.5, 0.6) is 0 Å². The number of hydrogen-bond donors (Lipinski definition) is 0. The quantitative estimate of drug-likeness (QED) is 0.606. The molecule has 22 heavy (non-hydrogen) atoms. The van der Waals surface area contributed by atoms with Crippen molar-refractivity contribution in [2.45, 2.75) is 0 Å². The Hall–Kier alpha value is -2.38. The molecule has 0 spiro atoms. The lowest BCUT2D eigenvalue weighted by molar-refractivity contribution is 0.603. The zero-order valence-corrected chi connectivity index (χ0v) is 12.4. The van der Waals surface area contributed by atoms with Crippen LogP contribution in [0.4, 0.5) is 8.78 Å². The average molecular weight is 312 g/mol. The Morgan fingerprint density at radius 3 is 1.95 bits per heavy atom. The largest absolute Gasteiger partial charge is 0.269 e. The first kappa shape index (κ1) is 14.6. The highest BCUT2D eigenvalue weighted by atomic mass is 31.1. The minimum atomic E-state index is -0.405. The fourth-order valence-electron chi connectivity index (χ4n) is 2.44. The van der Waals surface area contributed by atoms with E-state index in [0.29, 0.717) is 27.6 Å². The zero-order chi connectivity index (χ0) is 15.5. The van der Waals surface area contributed by atoms with Crippen molar-refractivity contribution in [1.29, 1.82) is 0 Å². The normalized spacial score (nSPS) is 10.8. The molecule has 0 saturated heterocycles. The number of halogens is 2. The summed E-state index contributed by atoms with van der Waals surface area (Å²) in [6.45, 7) is 0. The van der Waals surface area contributed by atoms with Gasteiger partial charge in [0.05, 0.1) is 5.30 Å². The summed E-state index contributed by atoms with van der Waals surface area (Å²) in [7, 11) is -0.210. The maximum Gasteiger partial charge on any atom is 0.192 e. The molecule has 0 aliphatic carbocycles. The molecular formula is C18H11F2OP. The van der Waals surface area contributed by atoms with Gasteiger partial charge in [0.1, 0.15) is 11.6 Å². The van der Waals surface area contributed by atoms with Crippen LogP contribution < -0.4 is 5.30 Å². The maximum absolute atomic E-state index is 14.4. The molecule has 0 heterocycles. The Morgan fingerprint density at radius 2 is 1.32 bits per heavy atom. The summed E-state index contributed by atoms with van der Waals surface area (Å²) in [6, 6.07) is 17.6. The van der Waals surface area contributed by atoms with Gasteiger partial charge in [-0.05, 0) is 35.4 Å². The molecule has 0 aliphatic rings. The van der Waals surface area contributed by atoms with Gasteiger partial charge in [0.15, 0.2) is 8.46 Å². The standard InChI is InChI=1S/C18H11F2OP/c19-14-8-6-13(7-9-14)18-16(22-21)11-10-15(20)17(18)12-4-2-1-3-5-12/h1-11H. The molecule has 3 aromatic carbocycles. The Morgan fingerprint density at radius 1 is 0.682 bits per heavy atom. The minimum Gasteiger partial charge on any atom is -0.269 e. The van der Waals surface area contributed by atoms with Crippen LogP contribution in [-0.2, 0) is 4.57 Å². The van der Waals surface area contributed by atoms with Gasteiger partial charge in [0.25, 0.3) is 0 Å². The topological polar surface area (TPSA) is 17.1 Å². The van der Waals surface area contributed by atoms with Crippen molar-refractivity contribution in [3.63, 3.8) is 0 Å². The highest BCUT2D eigenvalue weighted by Gasteiger charge is 2.17. The van der Waals surface area contributed by atoms with Crippen LogP contribution in [0.2, 0.25) is 0 Å². The number of rotatable bonds is 3. The van der Waals surface area contributed by atoms with E-state index < -0.39 is 5.82 Å². The van der Waals surface area contributed by atoms with Gasteiger partial charge in [-0.2, -0.15) is 0 Å². The monoisotopic (exact) mass is 312 g/mol. The van der Waals surface area contributed by atoms with Crippen LogP contribution in [0, 0.1) is 11.6 Å². The predicted molar refractivity (Wildman–Crippen MR) is 84.5 cm³/mol. The summed E-state index contributed by atoms with van der Waals surface area (Å²) in [6.07, 6.45) is 0. The van der Waals surface area contributed by atoms with Crippen molar-refractivity contribution in [2.24, 2.45) is 0 Å². The van der Waals surface area contributed by atoms with E-state index in [1.807, 2.05) is 18.2 Å². The third kappa shape index (κ3) is 2.68. The molecule has 4 heteroatoms. The van der Waals surface area contributed by atoms with Crippen molar-refractivity contribution in [1.82, 2.24) is 0 Å². The molecule has 0 aliphatic heterocycles. The van der Waals surface area contributed by atoms with Crippen molar-refractivity contribution in [3.05, 3.63) is 78.4 Å². The van der Waals surface area contributed by atoms with Crippen LogP contribution >= 0.6 is 8.46 Å². The number of hydrogen-bond acceptors (Lipinski definition) is 1. The van der Waals surface area contributed by atoms with Crippen molar-refractivity contribution >= 4 is 13.8 Å². The average Bonchev–Trinajstić information content (AvgIpc) is 2.56. The van der Waals surface area contributed by atoms with Crippen LogP contribution in [0.15, 0.2) is 66.7 Å². The van der Waals surface area contributed by atoms with E-state index >= 15 is 0 Å². The second-order valence-electron chi connectivity index (χ2n) is 4.78. The van der Waals surface area contributed by atoms with Gasteiger partial charge in [-0.3, -0.25) is 4.57 Å². The molecule has 0 fully saturated rings. The van der Waals surface area contributed by atoms with Gasteiger partial charge in [-0.15, -0.1) is 0 Å². The number of benzene rings is 3. The second kappa shape index (κ2) is 6.17. The Labute approximate surface area is 128 Å². The van der Waals surface area contributed by atoms with E-state index in [-0.39, 0.29) is 14.3 Å². The molecule has 0 N–H and O–H groups in total. The van der Waals surface area contributed by atoms with Gasteiger partial charge < -0.3 is 0 Å². The van der Waals surface area contributed by atoms with Crippen LogP contribution in [0.25, 0.3) is 22.3 Å². The molecule has 0 unspecified atom stereocenters. The van der Waals surface area contributed by atoms with Crippen LogP contribution in [-0.4, -0.2) is 0 Å². The first-order chi connectivity index (χ1) is 10.7. The minimum absolute atomic E-state index is 0.210. The van der Waals surface area contributed by atoms with E-state index in [1.165, 1.54) is 24.3 Å². The Kier molecular flexibility index (Phi) is 4.08. The molecule has 3 rings (SSSR count). The molecule has 0 bridgehead atoms. The third-order valence-corrected chi connectivity index (χ3v) is 4.00. The molecule has 0 radical (unpaired) electrons. The predicted octanol–water partition coefficient (Wildman–Crippen LogP) is 5.22. The summed E-state index contributed by atoms with van der Waals surface area (Å²) >= 11 is 0. The van der Waals surface area contributed by atoms with Crippen molar-refractivity contribution in [2.75, 3.05) is 0 Å². The lowest BCUT2D eigenvalue weighted by Crippen LogP contribution is -2.03. The summed E-state index contributed by atoms with van der Waals surface area (Å²) in [4.78, 5) is 0. The lowest BCUT2D eigenvalue weighted by atomic mass is 9.94. The van der Waals surface area contributed by atoms with E-state index in [1.54, 1.807) is 24.3 Å². The second-order valence-corrected chi connectivity index (χ2v) is 5.45. The molecular weight excluding hydrogens is 301 g/mol. The van der Waals surface area contributed by atoms with E-state index in [4.69, 9.17) is 0 Å². The molecule has 0 amide bonds. The summed E-state index contributed by atoms with van der Waals surface area (Å²) in [5, 5.41) is 0.465. The van der Waals surface area contributed by atoms with Gasteiger partial charge in [-0.1, -0.05) is 42.5 Å². The highest BCUT2D eigenvalue weighted by Crippen LogP contribution is 2.34. The molecule has 0 aromatic heterocycles. The SMILES string of the molecule is O=Pc1ccc(F)c(-c2ccccc2)c1-c1ccc(F)cc1. The Bertz CT molecular complexity index is 814. The van der Waals surface area contributed by atoms with E-state index in [9.17, 15) is 13.3 Å². The lowest BCUT2D eigenvalue weighted by Gasteiger charge is -2.13. The van der Waals surface area contributed by atoms with Gasteiger partial charge in [-0.25, -0.2) is 8.78 Å². The van der Waals surface area contributed by atoms with Gasteiger partial charge in [0.2, 0.25) is 0 Å². The fraction of sp³-hybridized carbons (Fsp3) is 0. The molecule has 0 atom stereocenters. The molecule has 0 saturated carbocycles.